The summed E-state index contributed by atoms with van der Waals surface area (Å²) in [4.78, 5) is 38.0. The summed E-state index contributed by atoms with van der Waals surface area (Å²) in [5, 5.41) is 2.72. The van der Waals surface area contributed by atoms with Gasteiger partial charge >= 0.3 is 5.97 Å². The molecule has 0 aliphatic heterocycles. The first-order chi connectivity index (χ1) is 15.9. The molecule has 33 heavy (non-hydrogen) atoms. The van der Waals surface area contributed by atoms with Crippen LogP contribution in [0.25, 0.3) is 0 Å². The van der Waals surface area contributed by atoms with Crippen molar-refractivity contribution >= 4 is 23.3 Å². The van der Waals surface area contributed by atoms with Crippen LogP contribution in [-0.2, 0) is 14.3 Å². The SMILES string of the molecule is COc1ccc(NC(=O)CCC(=O)O[C@H](C(=O)c2ccc(C)c(C)c2)c2ccccc2)cc1. The molecule has 1 atom stereocenters. The van der Waals surface area contributed by atoms with E-state index in [2.05, 4.69) is 5.32 Å². The largest absolute Gasteiger partial charge is 0.497 e. The predicted molar refractivity (Wildman–Crippen MR) is 126 cm³/mol. The Morgan fingerprint density at radius 1 is 0.848 bits per heavy atom. The van der Waals surface area contributed by atoms with Gasteiger partial charge in [0.25, 0.3) is 0 Å². The van der Waals surface area contributed by atoms with Crippen LogP contribution in [0.3, 0.4) is 0 Å². The smallest absolute Gasteiger partial charge is 0.307 e. The van der Waals surface area contributed by atoms with Gasteiger partial charge in [0.2, 0.25) is 11.7 Å². The first-order valence-electron chi connectivity index (χ1n) is 10.7. The maximum atomic E-state index is 13.2. The van der Waals surface area contributed by atoms with Gasteiger partial charge in [-0.1, -0.05) is 42.5 Å². The number of ether oxygens (including phenoxy) is 2. The molecule has 1 N–H and O–H groups in total. The molecule has 3 aromatic rings. The van der Waals surface area contributed by atoms with Crippen molar-refractivity contribution in [2.75, 3.05) is 12.4 Å². The summed E-state index contributed by atoms with van der Waals surface area (Å²) >= 11 is 0. The number of carbonyl (C=O) groups is 3. The predicted octanol–water partition coefficient (Wildman–Crippen LogP) is 5.20. The molecule has 0 bridgehead atoms. The minimum atomic E-state index is -1.08. The standard InChI is InChI=1S/C27H27NO5/c1-18-9-10-21(17-19(18)2)26(31)27(20-7-5-4-6-8-20)33-25(30)16-15-24(29)28-22-11-13-23(32-3)14-12-22/h4-14,17,27H,15-16H2,1-3H3,(H,28,29)/t27-/m0/s1. The second-order valence-electron chi connectivity index (χ2n) is 7.72. The Morgan fingerprint density at radius 3 is 2.18 bits per heavy atom. The van der Waals surface area contributed by atoms with Crippen LogP contribution in [0.15, 0.2) is 72.8 Å². The van der Waals surface area contributed by atoms with Crippen molar-refractivity contribution in [2.24, 2.45) is 0 Å². The zero-order chi connectivity index (χ0) is 23.8. The fourth-order valence-electron chi connectivity index (χ4n) is 3.25. The number of hydrogen-bond acceptors (Lipinski definition) is 5. The van der Waals surface area contributed by atoms with Gasteiger partial charge in [-0.2, -0.15) is 0 Å². The van der Waals surface area contributed by atoms with Crippen molar-refractivity contribution in [3.05, 3.63) is 95.1 Å². The molecular formula is C27H27NO5. The quantitative estimate of drug-likeness (QED) is 0.362. The minimum Gasteiger partial charge on any atom is -0.497 e. The normalized spacial score (nSPS) is 11.4. The average molecular weight is 446 g/mol. The first kappa shape index (κ1) is 23.7. The summed E-state index contributed by atoms with van der Waals surface area (Å²) in [5.74, 6) is -0.572. The van der Waals surface area contributed by atoms with Crippen molar-refractivity contribution in [1.82, 2.24) is 0 Å². The second-order valence-corrected chi connectivity index (χ2v) is 7.72. The molecule has 0 aliphatic rings. The van der Waals surface area contributed by atoms with E-state index in [0.29, 0.717) is 22.6 Å². The molecule has 0 unspecified atom stereocenters. The number of anilines is 1. The topological polar surface area (TPSA) is 81.7 Å². The molecule has 6 nitrogen and oxygen atoms in total. The van der Waals surface area contributed by atoms with Gasteiger partial charge in [0.05, 0.1) is 13.5 Å². The van der Waals surface area contributed by atoms with E-state index in [9.17, 15) is 14.4 Å². The molecule has 0 aliphatic carbocycles. The number of carbonyl (C=O) groups excluding carboxylic acids is 3. The first-order valence-corrected chi connectivity index (χ1v) is 10.7. The van der Waals surface area contributed by atoms with Crippen molar-refractivity contribution in [2.45, 2.75) is 32.8 Å². The minimum absolute atomic E-state index is 0.0653. The number of rotatable bonds is 9. The molecule has 6 heteroatoms. The van der Waals surface area contributed by atoms with Gasteiger partial charge in [0, 0.05) is 23.2 Å². The third-order valence-corrected chi connectivity index (χ3v) is 5.31. The lowest BCUT2D eigenvalue weighted by atomic mass is 9.97. The Bertz CT molecular complexity index is 1120. The highest BCUT2D eigenvalue weighted by molar-refractivity contribution is 6.01. The van der Waals surface area contributed by atoms with E-state index in [1.165, 1.54) is 0 Å². The van der Waals surface area contributed by atoms with Crippen LogP contribution in [-0.4, -0.2) is 24.8 Å². The maximum absolute atomic E-state index is 13.2. The molecule has 0 spiro atoms. The highest BCUT2D eigenvalue weighted by Gasteiger charge is 2.26. The zero-order valence-electron chi connectivity index (χ0n) is 19.0. The van der Waals surface area contributed by atoms with Crippen LogP contribution in [0, 0.1) is 13.8 Å². The van der Waals surface area contributed by atoms with E-state index in [1.807, 2.05) is 26.0 Å². The fourth-order valence-corrected chi connectivity index (χ4v) is 3.25. The maximum Gasteiger partial charge on any atom is 0.307 e. The Hall–Kier alpha value is -3.93. The Morgan fingerprint density at radius 2 is 1.55 bits per heavy atom. The highest BCUT2D eigenvalue weighted by Crippen LogP contribution is 2.25. The number of benzene rings is 3. The Labute approximate surface area is 193 Å². The van der Waals surface area contributed by atoms with Crippen LogP contribution in [0.4, 0.5) is 5.69 Å². The number of nitrogens with one attached hydrogen (secondary N) is 1. The number of ketones is 1. The molecule has 0 saturated carbocycles. The highest BCUT2D eigenvalue weighted by atomic mass is 16.5. The van der Waals surface area contributed by atoms with Gasteiger partial charge < -0.3 is 14.8 Å². The molecule has 0 heterocycles. The third kappa shape index (κ3) is 6.53. The summed E-state index contributed by atoms with van der Waals surface area (Å²) in [5.41, 5.74) is 3.70. The molecule has 0 saturated heterocycles. The molecule has 3 rings (SSSR count). The summed E-state index contributed by atoms with van der Waals surface area (Å²) in [6.07, 6.45) is -1.29. The Kier molecular flexibility index (Phi) is 7.97. The van der Waals surface area contributed by atoms with Gasteiger partial charge in [-0.05, 0) is 55.3 Å². The lowest BCUT2D eigenvalue weighted by molar-refractivity contribution is -0.148. The molecule has 0 fully saturated rings. The molecule has 3 aromatic carbocycles. The lowest BCUT2D eigenvalue weighted by Gasteiger charge is -2.18. The van der Waals surface area contributed by atoms with E-state index in [4.69, 9.17) is 9.47 Å². The van der Waals surface area contributed by atoms with Crippen molar-refractivity contribution in [3.8, 4) is 5.75 Å². The summed E-state index contributed by atoms with van der Waals surface area (Å²) in [7, 11) is 1.56. The summed E-state index contributed by atoms with van der Waals surface area (Å²) in [6, 6.07) is 21.2. The number of methoxy groups -OCH3 is 1. The van der Waals surface area contributed by atoms with Gasteiger partial charge in [0.1, 0.15) is 5.75 Å². The molecular weight excluding hydrogens is 418 g/mol. The number of hydrogen-bond donors (Lipinski definition) is 1. The van der Waals surface area contributed by atoms with Crippen molar-refractivity contribution in [3.63, 3.8) is 0 Å². The van der Waals surface area contributed by atoms with Crippen LogP contribution >= 0.6 is 0 Å². The van der Waals surface area contributed by atoms with Gasteiger partial charge in [0.15, 0.2) is 6.10 Å². The number of Topliss-reactive ketones (excluding diaryl/α,β-unsaturated/α-hetero) is 1. The van der Waals surface area contributed by atoms with Gasteiger partial charge in [-0.3, -0.25) is 14.4 Å². The third-order valence-electron chi connectivity index (χ3n) is 5.31. The van der Waals surface area contributed by atoms with Gasteiger partial charge in [-0.15, -0.1) is 0 Å². The lowest BCUT2D eigenvalue weighted by Crippen LogP contribution is -2.21. The molecule has 1 amide bonds. The van der Waals surface area contributed by atoms with E-state index in [1.54, 1.807) is 67.8 Å². The zero-order valence-corrected chi connectivity index (χ0v) is 19.0. The number of esters is 1. The fraction of sp³-hybridized carbons (Fsp3) is 0.222. The van der Waals surface area contributed by atoms with Crippen LogP contribution in [0.5, 0.6) is 5.75 Å². The van der Waals surface area contributed by atoms with E-state index >= 15 is 0 Å². The Balaban J connectivity index is 1.65. The number of amides is 1. The average Bonchev–Trinajstić information content (AvgIpc) is 2.83. The second kappa shape index (κ2) is 11.1. The van der Waals surface area contributed by atoms with Crippen molar-refractivity contribution < 1.29 is 23.9 Å². The van der Waals surface area contributed by atoms with Crippen LogP contribution in [0.2, 0.25) is 0 Å². The molecule has 170 valence electrons. The van der Waals surface area contributed by atoms with Crippen LogP contribution in [0.1, 0.15) is 46.0 Å². The van der Waals surface area contributed by atoms with Gasteiger partial charge in [-0.25, -0.2) is 0 Å². The summed E-state index contributed by atoms with van der Waals surface area (Å²) < 4.78 is 10.7. The molecule has 0 aromatic heterocycles. The summed E-state index contributed by atoms with van der Waals surface area (Å²) in [6.45, 7) is 3.90. The number of aryl methyl sites for hydroxylation is 2. The van der Waals surface area contributed by atoms with E-state index in [0.717, 1.165) is 11.1 Å². The molecule has 0 radical (unpaired) electrons. The monoisotopic (exact) mass is 445 g/mol. The van der Waals surface area contributed by atoms with Crippen molar-refractivity contribution in [1.29, 1.82) is 0 Å². The van der Waals surface area contributed by atoms with E-state index in [-0.39, 0.29) is 24.5 Å². The van der Waals surface area contributed by atoms with Crippen LogP contribution < -0.4 is 10.1 Å². The van der Waals surface area contributed by atoms with E-state index < -0.39 is 12.1 Å².